The molecule has 1 aliphatic rings. The van der Waals surface area contributed by atoms with Gasteiger partial charge in [0.05, 0.1) is 30.9 Å². The largest absolute Gasteiger partial charge is 0.477 e. The summed E-state index contributed by atoms with van der Waals surface area (Å²) in [6, 6.07) is 7.47. The highest BCUT2D eigenvalue weighted by molar-refractivity contribution is 5.94. The Hall–Kier alpha value is -3.29. The first kappa shape index (κ1) is 16.2. The summed E-state index contributed by atoms with van der Waals surface area (Å²) >= 11 is 0. The van der Waals surface area contributed by atoms with Gasteiger partial charge in [0.1, 0.15) is 11.8 Å². The van der Waals surface area contributed by atoms with Crippen molar-refractivity contribution in [3.05, 3.63) is 48.5 Å². The second kappa shape index (κ2) is 6.91. The average Bonchev–Trinajstić information content (AvgIpc) is 3.16. The van der Waals surface area contributed by atoms with Gasteiger partial charge in [0.15, 0.2) is 0 Å². The number of benzene rings is 1. The Morgan fingerprint density at radius 3 is 2.69 bits per heavy atom. The van der Waals surface area contributed by atoms with Crippen molar-refractivity contribution >= 4 is 16.9 Å². The van der Waals surface area contributed by atoms with Crippen molar-refractivity contribution in [2.75, 3.05) is 20.2 Å². The molecular weight excluding hydrogens is 334 g/mol. The molecule has 8 heteroatoms. The standard InChI is InChI=1S/C18H17N5O3/c1-25-16-17(20-8-7-19-16)26-12-6-9-23(11-12)18(24)15-10-21-13-4-2-3-5-14(13)22-15/h2-5,7-8,10,12H,6,9,11H2,1H3/t12-/m1/s1. The van der Waals surface area contributed by atoms with Crippen LogP contribution in [0.1, 0.15) is 16.9 Å². The molecule has 1 atom stereocenters. The predicted molar refractivity (Wildman–Crippen MR) is 93.1 cm³/mol. The third-order valence-corrected chi connectivity index (χ3v) is 4.20. The molecule has 0 aliphatic carbocycles. The van der Waals surface area contributed by atoms with E-state index < -0.39 is 0 Å². The lowest BCUT2D eigenvalue weighted by molar-refractivity contribution is 0.0764. The van der Waals surface area contributed by atoms with E-state index in [1.807, 2.05) is 24.3 Å². The van der Waals surface area contributed by atoms with Crippen LogP contribution < -0.4 is 9.47 Å². The van der Waals surface area contributed by atoms with E-state index in [-0.39, 0.29) is 12.0 Å². The molecule has 2 aromatic heterocycles. The van der Waals surface area contributed by atoms with Crippen LogP contribution in [0.15, 0.2) is 42.9 Å². The molecule has 0 N–H and O–H groups in total. The molecule has 0 spiro atoms. The summed E-state index contributed by atoms with van der Waals surface area (Å²) in [6.07, 6.45) is 5.13. The topological polar surface area (TPSA) is 90.3 Å². The van der Waals surface area contributed by atoms with Crippen molar-refractivity contribution < 1.29 is 14.3 Å². The zero-order valence-corrected chi connectivity index (χ0v) is 14.2. The molecule has 0 unspecified atom stereocenters. The molecule has 3 heterocycles. The van der Waals surface area contributed by atoms with E-state index in [1.165, 1.54) is 19.5 Å². The number of nitrogens with zero attached hydrogens (tertiary/aromatic N) is 5. The van der Waals surface area contributed by atoms with Crippen molar-refractivity contribution in [2.45, 2.75) is 12.5 Å². The van der Waals surface area contributed by atoms with Crippen LogP contribution >= 0.6 is 0 Å². The van der Waals surface area contributed by atoms with Crippen LogP contribution in [0.5, 0.6) is 11.8 Å². The Morgan fingerprint density at radius 2 is 1.88 bits per heavy atom. The lowest BCUT2D eigenvalue weighted by Gasteiger charge is -2.17. The predicted octanol–water partition coefficient (Wildman–Crippen LogP) is 1.72. The van der Waals surface area contributed by atoms with Crippen molar-refractivity contribution in [1.29, 1.82) is 0 Å². The van der Waals surface area contributed by atoms with Crippen LogP contribution in [-0.4, -0.2) is 57.0 Å². The van der Waals surface area contributed by atoms with Crippen LogP contribution in [0.25, 0.3) is 11.0 Å². The minimum atomic E-state index is -0.169. The molecule has 0 radical (unpaired) electrons. The number of carbonyl (C=O) groups excluding carboxylic acids is 1. The monoisotopic (exact) mass is 351 g/mol. The fourth-order valence-corrected chi connectivity index (χ4v) is 2.92. The van der Waals surface area contributed by atoms with E-state index in [0.29, 0.717) is 42.5 Å². The molecule has 0 saturated carbocycles. The number of methoxy groups -OCH3 is 1. The fraction of sp³-hybridized carbons (Fsp3) is 0.278. The minimum Gasteiger partial charge on any atom is -0.477 e. The summed E-state index contributed by atoms with van der Waals surface area (Å²) in [6.45, 7) is 1.04. The van der Waals surface area contributed by atoms with Crippen LogP contribution in [0.2, 0.25) is 0 Å². The quantitative estimate of drug-likeness (QED) is 0.707. The lowest BCUT2D eigenvalue weighted by Crippen LogP contribution is -2.31. The van der Waals surface area contributed by atoms with Gasteiger partial charge in [0, 0.05) is 25.4 Å². The first-order valence-corrected chi connectivity index (χ1v) is 8.27. The van der Waals surface area contributed by atoms with Gasteiger partial charge in [-0.1, -0.05) is 12.1 Å². The van der Waals surface area contributed by atoms with Crippen LogP contribution in [0.3, 0.4) is 0 Å². The van der Waals surface area contributed by atoms with Gasteiger partial charge < -0.3 is 14.4 Å². The third kappa shape index (κ3) is 3.13. The molecule has 0 bridgehead atoms. The summed E-state index contributed by atoms with van der Waals surface area (Å²) in [5.74, 6) is 0.512. The van der Waals surface area contributed by atoms with Gasteiger partial charge in [-0.2, -0.15) is 0 Å². The van der Waals surface area contributed by atoms with Gasteiger partial charge in [-0.3, -0.25) is 9.78 Å². The van der Waals surface area contributed by atoms with E-state index in [4.69, 9.17) is 9.47 Å². The minimum absolute atomic E-state index is 0.152. The number of rotatable bonds is 4. The first-order chi connectivity index (χ1) is 12.7. The van der Waals surface area contributed by atoms with Crippen molar-refractivity contribution in [2.24, 2.45) is 0 Å². The summed E-state index contributed by atoms with van der Waals surface area (Å²) in [5.41, 5.74) is 1.80. The van der Waals surface area contributed by atoms with Crippen LogP contribution in [0, 0.1) is 0 Å². The van der Waals surface area contributed by atoms with Gasteiger partial charge in [-0.25, -0.2) is 15.0 Å². The first-order valence-electron chi connectivity index (χ1n) is 8.27. The Balaban J connectivity index is 1.46. The molecule has 132 valence electrons. The van der Waals surface area contributed by atoms with Crippen molar-refractivity contribution in [3.8, 4) is 11.8 Å². The molecule has 4 rings (SSSR count). The number of hydrogen-bond acceptors (Lipinski definition) is 7. The number of hydrogen-bond donors (Lipinski definition) is 0. The number of fused-ring (bicyclic) bond motifs is 1. The molecule has 26 heavy (non-hydrogen) atoms. The highest BCUT2D eigenvalue weighted by Crippen LogP contribution is 2.24. The Bertz CT molecular complexity index is 949. The van der Waals surface area contributed by atoms with Gasteiger partial charge in [-0.05, 0) is 12.1 Å². The summed E-state index contributed by atoms with van der Waals surface area (Å²) in [5, 5.41) is 0. The molecule has 1 aromatic carbocycles. The number of ether oxygens (including phenoxy) is 2. The van der Waals surface area contributed by atoms with Crippen LogP contribution in [-0.2, 0) is 0 Å². The molecule has 3 aromatic rings. The Labute approximate surface area is 149 Å². The Morgan fingerprint density at radius 1 is 1.12 bits per heavy atom. The fourth-order valence-electron chi connectivity index (χ4n) is 2.92. The smallest absolute Gasteiger partial charge is 0.278 e. The molecule has 1 saturated heterocycles. The average molecular weight is 351 g/mol. The van der Waals surface area contributed by atoms with E-state index >= 15 is 0 Å². The van der Waals surface area contributed by atoms with E-state index in [2.05, 4.69) is 19.9 Å². The molecule has 8 nitrogen and oxygen atoms in total. The summed E-state index contributed by atoms with van der Waals surface area (Å²) in [4.78, 5) is 31.4. The highest BCUT2D eigenvalue weighted by Gasteiger charge is 2.30. The zero-order valence-electron chi connectivity index (χ0n) is 14.2. The van der Waals surface area contributed by atoms with E-state index in [1.54, 1.807) is 11.1 Å². The molecule has 1 aliphatic heterocycles. The summed E-state index contributed by atoms with van der Waals surface area (Å²) < 4.78 is 11.0. The maximum atomic E-state index is 12.7. The number of para-hydroxylation sites is 2. The van der Waals surface area contributed by atoms with Crippen LogP contribution in [0.4, 0.5) is 0 Å². The van der Waals surface area contributed by atoms with Gasteiger partial charge in [0.2, 0.25) is 0 Å². The highest BCUT2D eigenvalue weighted by atomic mass is 16.5. The van der Waals surface area contributed by atoms with Gasteiger partial charge in [-0.15, -0.1) is 0 Å². The third-order valence-electron chi connectivity index (χ3n) is 4.20. The maximum absolute atomic E-state index is 12.7. The lowest BCUT2D eigenvalue weighted by atomic mass is 10.3. The number of aromatic nitrogens is 4. The Kier molecular flexibility index (Phi) is 4.30. The second-order valence-corrected chi connectivity index (χ2v) is 5.89. The SMILES string of the molecule is COc1nccnc1O[C@@H]1CCN(C(=O)c2cnc3ccccc3n2)C1. The number of carbonyl (C=O) groups is 1. The second-order valence-electron chi connectivity index (χ2n) is 5.89. The van der Waals surface area contributed by atoms with Gasteiger partial charge >= 0.3 is 0 Å². The molecule has 1 fully saturated rings. The van der Waals surface area contributed by atoms with Crippen molar-refractivity contribution in [1.82, 2.24) is 24.8 Å². The van der Waals surface area contributed by atoms with Gasteiger partial charge in [0.25, 0.3) is 17.7 Å². The molecular formula is C18H17N5O3. The zero-order chi connectivity index (χ0) is 17.9. The van der Waals surface area contributed by atoms with E-state index in [0.717, 1.165) is 5.52 Å². The normalized spacial score (nSPS) is 16.7. The maximum Gasteiger partial charge on any atom is 0.278 e. The number of amides is 1. The van der Waals surface area contributed by atoms with Crippen molar-refractivity contribution in [3.63, 3.8) is 0 Å². The summed E-state index contributed by atoms with van der Waals surface area (Å²) in [7, 11) is 1.51. The van der Waals surface area contributed by atoms with E-state index in [9.17, 15) is 4.79 Å². The number of likely N-dealkylation sites (tertiary alicyclic amines) is 1. The molecule has 1 amide bonds.